The Labute approximate surface area is 116 Å². The van der Waals surface area contributed by atoms with Crippen molar-refractivity contribution in [2.45, 2.75) is 13.8 Å². The standard InChI is InChI=1S/C15H16N4O/c1-3-20-12-8-7-11-15(18-12)19-14(17-11)10-6-4-5-9(2)13(10)16/h4-8H,3,16H2,1-2H3,(H,17,18,19). The number of ether oxygens (including phenoxy) is 1. The summed E-state index contributed by atoms with van der Waals surface area (Å²) in [6.07, 6.45) is 0. The van der Waals surface area contributed by atoms with E-state index < -0.39 is 0 Å². The molecule has 102 valence electrons. The van der Waals surface area contributed by atoms with Crippen LogP contribution in [0.2, 0.25) is 0 Å². The van der Waals surface area contributed by atoms with E-state index in [1.807, 2.05) is 44.2 Å². The monoisotopic (exact) mass is 268 g/mol. The number of hydrogen-bond acceptors (Lipinski definition) is 4. The zero-order valence-electron chi connectivity index (χ0n) is 11.5. The van der Waals surface area contributed by atoms with Gasteiger partial charge in [0.2, 0.25) is 5.88 Å². The third-order valence-corrected chi connectivity index (χ3v) is 3.19. The van der Waals surface area contributed by atoms with E-state index in [4.69, 9.17) is 10.5 Å². The minimum Gasteiger partial charge on any atom is -0.478 e. The van der Waals surface area contributed by atoms with E-state index in [9.17, 15) is 0 Å². The first kappa shape index (κ1) is 12.5. The lowest BCUT2D eigenvalue weighted by Gasteiger charge is -2.04. The minimum absolute atomic E-state index is 0.579. The smallest absolute Gasteiger partial charge is 0.215 e. The van der Waals surface area contributed by atoms with E-state index in [2.05, 4.69) is 15.0 Å². The predicted molar refractivity (Wildman–Crippen MR) is 79.6 cm³/mol. The zero-order chi connectivity index (χ0) is 14.1. The number of nitrogens with zero attached hydrogens (tertiary/aromatic N) is 2. The third-order valence-electron chi connectivity index (χ3n) is 3.19. The molecule has 2 aromatic heterocycles. The number of anilines is 1. The van der Waals surface area contributed by atoms with Crippen LogP contribution in [0.5, 0.6) is 5.88 Å². The number of H-pyrrole nitrogens is 1. The lowest BCUT2D eigenvalue weighted by atomic mass is 10.1. The van der Waals surface area contributed by atoms with Gasteiger partial charge in [-0.1, -0.05) is 12.1 Å². The van der Waals surface area contributed by atoms with Gasteiger partial charge in [-0.15, -0.1) is 0 Å². The van der Waals surface area contributed by atoms with Crippen LogP contribution in [0, 0.1) is 6.92 Å². The lowest BCUT2D eigenvalue weighted by molar-refractivity contribution is 0.328. The van der Waals surface area contributed by atoms with Gasteiger partial charge < -0.3 is 15.5 Å². The maximum absolute atomic E-state index is 6.11. The van der Waals surface area contributed by atoms with Gasteiger partial charge in [0.1, 0.15) is 5.82 Å². The average Bonchev–Trinajstić information content (AvgIpc) is 2.85. The first-order chi connectivity index (χ1) is 9.69. The molecule has 3 rings (SSSR count). The molecule has 5 nitrogen and oxygen atoms in total. The summed E-state index contributed by atoms with van der Waals surface area (Å²) in [5.74, 6) is 1.30. The molecular weight excluding hydrogens is 252 g/mol. The molecule has 3 aromatic rings. The number of aromatic nitrogens is 3. The number of aryl methyl sites for hydroxylation is 1. The molecule has 0 bridgehead atoms. The summed E-state index contributed by atoms with van der Waals surface area (Å²) >= 11 is 0. The van der Waals surface area contributed by atoms with Crippen molar-refractivity contribution in [3.63, 3.8) is 0 Å². The molecule has 3 N–H and O–H groups in total. The quantitative estimate of drug-likeness (QED) is 0.716. The number of para-hydroxylation sites is 1. The second kappa shape index (κ2) is 4.85. The van der Waals surface area contributed by atoms with Crippen LogP contribution in [0.25, 0.3) is 22.6 Å². The molecule has 5 heteroatoms. The number of pyridine rings is 1. The number of benzene rings is 1. The van der Waals surface area contributed by atoms with Gasteiger partial charge in [-0.25, -0.2) is 4.98 Å². The molecule has 0 fully saturated rings. The Morgan fingerprint density at radius 3 is 2.85 bits per heavy atom. The van der Waals surface area contributed by atoms with Crippen molar-refractivity contribution in [2.24, 2.45) is 0 Å². The van der Waals surface area contributed by atoms with Crippen molar-refractivity contribution in [3.8, 4) is 17.3 Å². The Hall–Kier alpha value is -2.56. The maximum Gasteiger partial charge on any atom is 0.215 e. The highest BCUT2D eigenvalue weighted by atomic mass is 16.5. The lowest BCUT2D eigenvalue weighted by Crippen LogP contribution is -1.94. The molecule has 0 aliphatic carbocycles. The molecule has 0 atom stereocenters. The highest BCUT2D eigenvalue weighted by molar-refractivity contribution is 5.81. The van der Waals surface area contributed by atoms with E-state index in [-0.39, 0.29) is 0 Å². The fourth-order valence-electron chi connectivity index (χ4n) is 2.12. The molecule has 0 aliphatic heterocycles. The molecule has 0 radical (unpaired) electrons. The Morgan fingerprint density at radius 1 is 1.20 bits per heavy atom. The third kappa shape index (κ3) is 2.07. The summed E-state index contributed by atoms with van der Waals surface area (Å²) < 4.78 is 5.38. The zero-order valence-corrected chi connectivity index (χ0v) is 11.5. The van der Waals surface area contributed by atoms with Crippen molar-refractivity contribution < 1.29 is 4.74 Å². The van der Waals surface area contributed by atoms with Crippen LogP contribution in [-0.4, -0.2) is 21.6 Å². The Balaban J connectivity index is 2.10. The van der Waals surface area contributed by atoms with Crippen LogP contribution in [0.4, 0.5) is 5.69 Å². The van der Waals surface area contributed by atoms with Crippen LogP contribution in [-0.2, 0) is 0 Å². The number of rotatable bonds is 3. The second-order valence-corrected chi connectivity index (χ2v) is 4.58. The molecule has 0 unspecified atom stereocenters. The Bertz CT molecular complexity index is 764. The van der Waals surface area contributed by atoms with Crippen molar-refractivity contribution in [1.29, 1.82) is 0 Å². The fourth-order valence-corrected chi connectivity index (χ4v) is 2.12. The van der Waals surface area contributed by atoms with Gasteiger partial charge in [0, 0.05) is 17.3 Å². The molecule has 0 saturated carbocycles. The Morgan fingerprint density at radius 2 is 2.05 bits per heavy atom. The molecule has 0 spiro atoms. The number of aromatic amines is 1. The van der Waals surface area contributed by atoms with Gasteiger partial charge in [-0.3, -0.25) is 0 Å². The van der Waals surface area contributed by atoms with Gasteiger partial charge in [-0.05, 0) is 31.5 Å². The van der Waals surface area contributed by atoms with Gasteiger partial charge in [-0.2, -0.15) is 4.98 Å². The average molecular weight is 268 g/mol. The maximum atomic E-state index is 6.11. The fraction of sp³-hybridized carbons (Fsp3) is 0.200. The highest BCUT2D eigenvalue weighted by Gasteiger charge is 2.11. The number of nitrogen functional groups attached to an aromatic ring is 1. The van der Waals surface area contributed by atoms with Crippen molar-refractivity contribution in [2.75, 3.05) is 12.3 Å². The number of nitrogens with two attached hydrogens (primary N) is 1. The first-order valence-electron chi connectivity index (χ1n) is 6.54. The topological polar surface area (TPSA) is 76.8 Å². The van der Waals surface area contributed by atoms with E-state index in [0.717, 1.165) is 28.2 Å². The van der Waals surface area contributed by atoms with Gasteiger partial charge in [0.25, 0.3) is 0 Å². The number of hydrogen-bond donors (Lipinski definition) is 2. The van der Waals surface area contributed by atoms with E-state index in [1.54, 1.807) is 0 Å². The van der Waals surface area contributed by atoms with Crippen LogP contribution >= 0.6 is 0 Å². The molecule has 2 heterocycles. The molecule has 0 amide bonds. The molecule has 0 saturated heterocycles. The normalized spacial score (nSPS) is 10.9. The van der Waals surface area contributed by atoms with Crippen molar-refractivity contribution >= 4 is 16.9 Å². The van der Waals surface area contributed by atoms with Crippen LogP contribution in [0.15, 0.2) is 30.3 Å². The SMILES string of the molecule is CCOc1ccc2[nH]c(-c3cccc(C)c3N)nc2n1. The largest absolute Gasteiger partial charge is 0.478 e. The Kier molecular flexibility index (Phi) is 3.02. The summed E-state index contributed by atoms with van der Waals surface area (Å²) in [7, 11) is 0. The van der Waals surface area contributed by atoms with Crippen LogP contribution in [0.3, 0.4) is 0 Å². The van der Waals surface area contributed by atoms with Gasteiger partial charge >= 0.3 is 0 Å². The van der Waals surface area contributed by atoms with Gasteiger partial charge in [0.05, 0.1) is 12.1 Å². The van der Waals surface area contributed by atoms with Crippen LogP contribution in [0.1, 0.15) is 12.5 Å². The predicted octanol–water partition coefficient (Wildman–Crippen LogP) is 2.91. The number of fused-ring (bicyclic) bond motifs is 1. The molecule has 20 heavy (non-hydrogen) atoms. The van der Waals surface area contributed by atoms with Crippen LogP contribution < -0.4 is 10.5 Å². The molecular formula is C15H16N4O. The number of nitrogens with one attached hydrogen (secondary N) is 1. The molecule has 1 aromatic carbocycles. The second-order valence-electron chi connectivity index (χ2n) is 4.58. The van der Waals surface area contributed by atoms with E-state index >= 15 is 0 Å². The first-order valence-corrected chi connectivity index (χ1v) is 6.54. The van der Waals surface area contributed by atoms with Crippen molar-refractivity contribution in [1.82, 2.24) is 15.0 Å². The number of imidazole rings is 1. The van der Waals surface area contributed by atoms with E-state index in [1.165, 1.54) is 0 Å². The van der Waals surface area contributed by atoms with Crippen molar-refractivity contribution in [3.05, 3.63) is 35.9 Å². The highest BCUT2D eigenvalue weighted by Crippen LogP contribution is 2.27. The minimum atomic E-state index is 0.579. The summed E-state index contributed by atoms with van der Waals surface area (Å²) in [6, 6.07) is 9.63. The summed E-state index contributed by atoms with van der Waals surface area (Å²) in [5.41, 5.74) is 10.3. The summed E-state index contributed by atoms with van der Waals surface area (Å²) in [6.45, 7) is 4.49. The van der Waals surface area contributed by atoms with E-state index in [0.29, 0.717) is 18.1 Å². The summed E-state index contributed by atoms with van der Waals surface area (Å²) in [4.78, 5) is 12.1. The summed E-state index contributed by atoms with van der Waals surface area (Å²) in [5, 5.41) is 0. The molecule has 0 aliphatic rings. The van der Waals surface area contributed by atoms with Gasteiger partial charge in [0.15, 0.2) is 5.65 Å².